The summed E-state index contributed by atoms with van der Waals surface area (Å²) in [6.07, 6.45) is 0. The number of hydrogen-bond donors (Lipinski definition) is 2. The minimum absolute atomic E-state index is 0.498. The maximum Gasteiger partial charge on any atom is 0.309 e. The number of nitrogens with one attached hydrogen (secondary N) is 2. The predicted octanol–water partition coefficient (Wildman–Crippen LogP) is -0.329. The Morgan fingerprint density at radius 2 is 1.71 bits per heavy atom. The molecule has 0 aliphatic carbocycles. The van der Waals surface area contributed by atoms with E-state index in [1.54, 1.807) is 0 Å². The molecule has 1 aromatic rings. The van der Waals surface area contributed by atoms with Gasteiger partial charge in [0.1, 0.15) is 0 Å². The van der Waals surface area contributed by atoms with Crippen LogP contribution in [0.4, 0.5) is 5.69 Å². The summed E-state index contributed by atoms with van der Waals surface area (Å²) in [6, 6.07) is 10.4. The average Bonchev–Trinajstić information content (AvgIpc) is 2.55. The fourth-order valence-corrected chi connectivity index (χ4v) is 2.39. The molecule has 1 aliphatic rings. The normalized spacial score (nSPS) is 15.6. The molecule has 6 heteroatoms. The van der Waals surface area contributed by atoms with E-state index in [2.05, 4.69) is 44.7 Å². The molecule has 0 bridgehead atoms. The van der Waals surface area contributed by atoms with Gasteiger partial charge in [-0.05, 0) is 12.1 Å². The number of benzene rings is 1. The third-order valence-corrected chi connectivity index (χ3v) is 3.64. The van der Waals surface area contributed by atoms with Gasteiger partial charge in [0, 0.05) is 52.0 Å². The van der Waals surface area contributed by atoms with Crippen molar-refractivity contribution in [1.82, 2.24) is 15.5 Å². The van der Waals surface area contributed by atoms with Gasteiger partial charge in [0.15, 0.2) is 0 Å². The first-order valence-electron chi connectivity index (χ1n) is 7.23. The molecule has 114 valence electrons. The van der Waals surface area contributed by atoms with Gasteiger partial charge in [-0.2, -0.15) is 0 Å². The monoisotopic (exact) mass is 290 g/mol. The van der Waals surface area contributed by atoms with Crippen molar-refractivity contribution in [2.24, 2.45) is 0 Å². The van der Waals surface area contributed by atoms with E-state index in [0.717, 1.165) is 32.7 Å². The smallest absolute Gasteiger partial charge is 0.309 e. The third kappa shape index (κ3) is 4.46. The molecule has 0 saturated carbocycles. The molecule has 0 aromatic heterocycles. The number of carbonyl (C=O) groups excluding carboxylic acids is 2. The van der Waals surface area contributed by atoms with Gasteiger partial charge in [0.05, 0.1) is 0 Å². The highest BCUT2D eigenvalue weighted by molar-refractivity contribution is 6.34. The molecule has 1 heterocycles. The Labute approximate surface area is 125 Å². The Morgan fingerprint density at radius 1 is 1.05 bits per heavy atom. The Kier molecular flexibility index (Phi) is 5.57. The molecule has 1 saturated heterocycles. The maximum atomic E-state index is 11.3. The number of piperazine rings is 1. The number of nitrogens with zero attached hydrogens (tertiary/aromatic N) is 2. The lowest BCUT2D eigenvalue weighted by molar-refractivity contribution is -0.138. The predicted molar refractivity (Wildman–Crippen MR) is 82.2 cm³/mol. The first-order chi connectivity index (χ1) is 10.2. The summed E-state index contributed by atoms with van der Waals surface area (Å²) in [5, 5.41) is 4.92. The second-order valence-electron chi connectivity index (χ2n) is 5.00. The Balaban J connectivity index is 1.68. The van der Waals surface area contributed by atoms with Gasteiger partial charge < -0.3 is 15.5 Å². The fraction of sp³-hybridized carbons (Fsp3) is 0.467. The quantitative estimate of drug-likeness (QED) is 0.746. The van der Waals surface area contributed by atoms with Gasteiger partial charge in [-0.3, -0.25) is 14.5 Å². The van der Waals surface area contributed by atoms with E-state index in [4.69, 9.17) is 0 Å². The molecule has 0 spiro atoms. The summed E-state index contributed by atoms with van der Waals surface area (Å²) in [5.41, 5.74) is 1.25. The topological polar surface area (TPSA) is 64.7 Å². The third-order valence-electron chi connectivity index (χ3n) is 3.64. The van der Waals surface area contributed by atoms with Crippen molar-refractivity contribution in [3.8, 4) is 0 Å². The molecule has 0 radical (unpaired) electrons. The van der Waals surface area contributed by atoms with Gasteiger partial charge in [0.25, 0.3) is 0 Å². The summed E-state index contributed by atoms with van der Waals surface area (Å²) in [4.78, 5) is 27.0. The molecule has 2 rings (SSSR count). The summed E-state index contributed by atoms with van der Waals surface area (Å²) in [5.74, 6) is -1.16. The van der Waals surface area contributed by atoms with Crippen molar-refractivity contribution in [3.05, 3.63) is 30.3 Å². The highest BCUT2D eigenvalue weighted by Crippen LogP contribution is 2.15. The molecular formula is C15H22N4O2. The number of rotatable bonds is 4. The Hall–Kier alpha value is -2.08. The second kappa shape index (κ2) is 7.64. The van der Waals surface area contributed by atoms with Gasteiger partial charge >= 0.3 is 11.8 Å². The lowest BCUT2D eigenvalue weighted by atomic mass is 10.2. The SMILES string of the molecule is CNC(=O)C(=O)NCCN1CCN(c2ccccc2)CC1. The highest BCUT2D eigenvalue weighted by atomic mass is 16.2. The Bertz CT molecular complexity index is 470. The first-order valence-corrected chi connectivity index (χ1v) is 7.23. The molecule has 21 heavy (non-hydrogen) atoms. The molecule has 0 atom stereocenters. The van der Waals surface area contributed by atoms with E-state index < -0.39 is 11.8 Å². The van der Waals surface area contributed by atoms with E-state index in [9.17, 15) is 9.59 Å². The van der Waals surface area contributed by atoms with Crippen molar-refractivity contribution >= 4 is 17.5 Å². The van der Waals surface area contributed by atoms with Gasteiger partial charge in [-0.15, -0.1) is 0 Å². The average molecular weight is 290 g/mol. The molecule has 1 fully saturated rings. The van der Waals surface area contributed by atoms with Crippen LogP contribution in [-0.4, -0.2) is 63.0 Å². The Morgan fingerprint density at radius 3 is 2.33 bits per heavy atom. The van der Waals surface area contributed by atoms with Crippen LogP contribution in [0.15, 0.2) is 30.3 Å². The number of amides is 2. The number of carbonyl (C=O) groups is 2. The van der Waals surface area contributed by atoms with Gasteiger partial charge in [-0.25, -0.2) is 0 Å². The van der Waals surface area contributed by atoms with Crippen LogP contribution in [0.5, 0.6) is 0 Å². The van der Waals surface area contributed by atoms with Crippen molar-refractivity contribution in [1.29, 1.82) is 0 Å². The highest BCUT2D eigenvalue weighted by Gasteiger charge is 2.17. The molecule has 0 unspecified atom stereocenters. The van der Waals surface area contributed by atoms with Crippen molar-refractivity contribution in [3.63, 3.8) is 0 Å². The summed E-state index contributed by atoms with van der Waals surface area (Å²) in [7, 11) is 1.45. The summed E-state index contributed by atoms with van der Waals surface area (Å²) < 4.78 is 0. The number of para-hydroxylation sites is 1. The van der Waals surface area contributed by atoms with E-state index in [-0.39, 0.29) is 0 Å². The summed E-state index contributed by atoms with van der Waals surface area (Å²) in [6.45, 7) is 5.15. The maximum absolute atomic E-state index is 11.3. The van der Waals surface area contributed by atoms with E-state index >= 15 is 0 Å². The standard InChI is InChI=1S/C15H22N4O2/c1-16-14(20)15(21)17-7-8-18-9-11-19(12-10-18)13-5-3-2-4-6-13/h2-6H,7-12H2,1H3,(H,16,20)(H,17,21). The van der Waals surface area contributed by atoms with Gasteiger partial charge in [0.2, 0.25) is 0 Å². The van der Waals surface area contributed by atoms with E-state index in [1.807, 2.05) is 6.07 Å². The van der Waals surface area contributed by atoms with Crippen LogP contribution in [0, 0.1) is 0 Å². The second-order valence-corrected chi connectivity index (χ2v) is 5.00. The van der Waals surface area contributed by atoms with Crippen LogP contribution >= 0.6 is 0 Å². The van der Waals surface area contributed by atoms with Crippen LogP contribution in [0.3, 0.4) is 0 Å². The van der Waals surface area contributed by atoms with Crippen molar-refractivity contribution in [2.75, 3.05) is 51.2 Å². The summed E-state index contributed by atoms with van der Waals surface area (Å²) >= 11 is 0. The largest absolute Gasteiger partial charge is 0.369 e. The number of anilines is 1. The van der Waals surface area contributed by atoms with Crippen LogP contribution in [-0.2, 0) is 9.59 Å². The molecule has 1 aliphatic heterocycles. The minimum Gasteiger partial charge on any atom is -0.369 e. The van der Waals surface area contributed by atoms with E-state index in [1.165, 1.54) is 12.7 Å². The minimum atomic E-state index is -0.594. The van der Waals surface area contributed by atoms with E-state index in [0.29, 0.717) is 6.54 Å². The van der Waals surface area contributed by atoms with Gasteiger partial charge in [-0.1, -0.05) is 18.2 Å². The number of hydrogen-bond acceptors (Lipinski definition) is 4. The number of likely N-dealkylation sites (N-methyl/N-ethyl adjacent to an activating group) is 1. The van der Waals surface area contributed by atoms with Crippen LogP contribution in [0.2, 0.25) is 0 Å². The van der Waals surface area contributed by atoms with Crippen LogP contribution in [0.25, 0.3) is 0 Å². The molecule has 1 aromatic carbocycles. The zero-order valence-corrected chi connectivity index (χ0v) is 12.3. The molecule has 6 nitrogen and oxygen atoms in total. The molecular weight excluding hydrogens is 268 g/mol. The molecule has 2 N–H and O–H groups in total. The lowest BCUT2D eigenvalue weighted by Gasteiger charge is -2.36. The molecule has 2 amide bonds. The lowest BCUT2D eigenvalue weighted by Crippen LogP contribution is -2.49. The zero-order chi connectivity index (χ0) is 15.1. The first kappa shape index (κ1) is 15.3. The zero-order valence-electron chi connectivity index (χ0n) is 12.3. The van der Waals surface area contributed by atoms with Crippen LogP contribution < -0.4 is 15.5 Å². The fourth-order valence-electron chi connectivity index (χ4n) is 2.39. The van der Waals surface area contributed by atoms with Crippen LogP contribution in [0.1, 0.15) is 0 Å². The van der Waals surface area contributed by atoms with Crippen molar-refractivity contribution in [2.45, 2.75) is 0 Å². The van der Waals surface area contributed by atoms with Crippen molar-refractivity contribution < 1.29 is 9.59 Å².